The Kier molecular flexibility index (Phi) is 1.76. The van der Waals surface area contributed by atoms with E-state index in [1.807, 2.05) is 0 Å². The Bertz CT molecular complexity index is 370. The maximum Gasteiger partial charge on any atom is -0.0153 e. The maximum absolute atomic E-state index is 2.51. The van der Waals surface area contributed by atoms with Crippen LogP contribution < -0.4 is 0 Å². The van der Waals surface area contributed by atoms with E-state index in [-0.39, 0.29) is 0 Å². The molecule has 0 aromatic heterocycles. The summed E-state index contributed by atoms with van der Waals surface area (Å²) in [7, 11) is 0. The first-order chi connectivity index (χ1) is 6.83. The van der Waals surface area contributed by atoms with Crippen LogP contribution in [0, 0.1) is 18.8 Å². The molecule has 0 amide bonds. The third-order valence-electron chi connectivity index (χ3n) is 3.71. The lowest BCUT2D eigenvalue weighted by molar-refractivity contribution is 0.695. The fourth-order valence-electron chi connectivity index (χ4n) is 2.92. The molecule has 2 aliphatic rings. The van der Waals surface area contributed by atoms with Gasteiger partial charge < -0.3 is 0 Å². The van der Waals surface area contributed by atoms with Crippen LogP contribution in [0.4, 0.5) is 0 Å². The molecule has 0 N–H and O–H groups in total. The van der Waals surface area contributed by atoms with Crippen molar-refractivity contribution in [3.63, 3.8) is 0 Å². The number of fused-ring (bicyclic) bond motifs is 2. The van der Waals surface area contributed by atoms with Gasteiger partial charge in [0, 0.05) is 0 Å². The zero-order valence-electron chi connectivity index (χ0n) is 8.66. The molecule has 1 fully saturated rings. The summed E-state index contributed by atoms with van der Waals surface area (Å²) in [5, 5.41) is 0. The molecular formula is C14H16. The number of allylic oxidation sites excluding steroid dienone is 2. The van der Waals surface area contributed by atoms with Gasteiger partial charge in [-0.1, -0.05) is 35.9 Å². The van der Waals surface area contributed by atoms with Gasteiger partial charge in [-0.3, -0.25) is 0 Å². The molecule has 2 atom stereocenters. The van der Waals surface area contributed by atoms with Crippen LogP contribution in [0.1, 0.15) is 30.4 Å². The van der Waals surface area contributed by atoms with Crippen LogP contribution in [-0.2, 0) is 0 Å². The molecule has 0 heteroatoms. The van der Waals surface area contributed by atoms with Gasteiger partial charge in [0.1, 0.15) is 0 Å². The van der Waals surface area contributed by atoms with Gasteiger partial charge in [0.25, 0.3) is 0 Å². The molecule has 1 saturated carbocycles. The molecule has 3 rings (SSSR count). The van der Waals surface area contributed by atoms with Gasteiger partial charge in [-0.15, -0.1) is 0 Å². The molecule has 2 aliphatic carbocycles. The fraction of sp³-hybridized carbons (Fsp3) is 0.429. The van der Waals surface area contributed by atoms with Crippen molar-refractivity contribution in [1.82, 2.24) is 0 Å². The number of aryl methyl sites for hydroxylation is 1. The van der Waals surface area contributed by atoms with Gasteiger partial charge in [0.2, 0.25) is 0 Å². The topological polar surface area (TPSA) is 0 Å². The lowest BCUT2D eigenvalue weighted by Gasteiger charge is -2.13. The molecule has 0 aliphatic heterocycles. The summed E-state index contributed by atoms with van der Waals surface area (Å²) in [6.45, 7) is 2.15. The van der Waals surface area contributed by atoms with Crippen LogP contribution >= 0.6 is 0 Å². The lowest BCUT2D eigenvalue weighted by Crippen LogP contribution is -1.96. The predicted octanol–water partition coefficient (Wildman–Crippen LogP) is 3.81. The molecule has 0 spiro atoms. The van der Waals surface area contributed by atoms with Gasteiger partial charge >= 0.3 is 0 Å². The summed E-state index contributed by atoms with van der Waals surface area (Å²) in [5.41, 5.74) is 4.45. The second-order valence-electron chi connectivity index (χ2n) is 4.76. The van der Waals surface area contributed by atoms with Crippen molar-refractivity contribution in [2.45, 2.75) is 26.2 Å². The Morgan fingerprint density at radius 2 is 1.86 bits per heavy atom. The van der Waals surface area contributed by atoms with E-state index in [0.29, 0.717) is 0 Å². The van der Waals surface area contributed by atoms with E-state index >= 15 is 0 Å². The monoisotopic (exact) mass is 184 g/mol. The third-order valence-corrected chi connectivity index (χ3v) is 3.71. The smallest absolute Gasteiger partial charge is 0.0153 e. The SMILES string of the molecule is Cc1ccc(C2=CC3CCC2C3)cc1. The molecule has 72 valence electrons. The number of hydrogen-bond acceptors (Lipinski definition) is 0. The molecule has 0 nitrogen and oxygen atoms in total. The summed E-state index contributed by atoms with van der Waals surface area (Å²) in [4.78, 5) is 0. The summed E-state index contributed by atoms with van der Waals surface area (Å²) in [6, 6.07) is 9.01. The largest absolute Gasteiger partial charge is 0.0773 e. The quantitative estimate of drug-likeness (QED) is 0.622. The van der Waals surface area contributed by atoms with Gasteiger partial charge in [0.15, 0.2) is 0 Å². The van der Waals surface area contributed by atoms with Crippen molar-refractivity contribution in [3.05, 3.63) is 41.5 Å². The summed E-state index contributed by atoms with van der Waals surface area (Å²) < 4.78 is 0. The van der Waals surface area contributed by atoms with E-state index in [1.165, 1.54) is 30.4 Å². The van der Waals surface area contributed by atoms with E-state index < -0.39 is 0 Å². The second kappa shape index (κ2) is 2.98. The standard InChI is InChI=1S/C14H16/c1-10-2-5-12(6-3-10)14-9-11-4-7-13(14)8-11/h2-3,5-6,9,11,13H,4,7-8H2,1H3. The minimum atomic E-state index is 0.878. The zero-order chi connectivity index (χ0) is 9.54. The highest BCUT2D eigenvalue weighted by atomic mass is 14.4. The number of rotatable bonds is 1. The van der Waals surface area contributed by atoms with Crippen LogP contribution in [-0.4, -0.2) is 0 Å². The Morgan fingerprint density at radius 3 is 2.43 bits per heavy atom. The highest BCUT2D eigenvalue weighted by molar-refractivity contribution is 5.70. The van der Waals surface area contributed by atoms with Crippen LogP contribution in [0.25, 0.3) is 5.57 Å². The molecule has 1 aromatic rings. The van der Waals surface area contributed by atoms with E-state index in [1.54, 1.807) is 5.57 Å². The average Bonchev–Trinajstić information content (AvgIpc) is 2.80. The first-order valence-electron chi connectivity index (χ1n) is 5.62. The maximum atomic E-state index is 2.51. The zero-order valence-corrected chi connectivity index (χ0v) is 8.66. The van der Waals surface area contributed by atoms with Crippen molar-refractivity contribution >= 4 is 5.57 Å². The van der Waals surface area contributed by atoms with Crippen molar-refractivity contribution in [1.29, 1.82) is 0 Å². The Morgan fingerprint density at radius 1 is 1.07 bits per heavy atom. The Balaban J connectivity index is 1.96. The van der Waals surface area contributed by atoms with Crippen molar-refractivity contribution < 1.29 is 0 Å². The van der Waals surface area contributed by atoms with E-state index in [0.717, 1.165) is 11.8 Å². The van der Waals surface area contributed by atoms with E-state index in [4.69, 9.17) is 0 Å². The fourth-order valence-corrected chi connectivity index (χ4v) is 2.92. The van der Waals surface area contributed by atoms with Crippen molar-refractivity contribution in [2.24, 2.45) is 11.8 Å². The van der Waals surface area contributed by atoms with Gasteiger partial charge in [-0.2, -0.15) is 0 Å². The van der Waals surface area contributed by atoms with Crippen LogP contribution in [0.2, 0.25) is 0 Å². The normalized spacial score (nSPS) is 29.4. The highest BCUT2D eigenvalue weighted by Crippen LogP contribution is 2.47. The summed E-state index contributed by atoms with van der Waals surface area (Å²) in [5.74, 6) is 1.78. The van der Waals surface area contributed by atoms with Crippen molar-refractivity contribution in [3.8, 4) is 0 Å². The molecule has 0 heterocycles. The number of benzene rings is 1. The van der Waals surface area contributed by atoms with Gasteiger partial charge in [0.05, 0.1) is 0 Å². The first-order valence-corrected chi connectivity index (χ1v) is 5.62. The van der Waals surface area contributed by atoms with Gasteiger partial charge in [-0.05, 0) is 49.2 Å². The minimum absolute atomic E-state index is 0.878. The summed E-state index contributed by atoms with van der Waals surface area (Å²) >= 11 is 0. The predicted molar refractivity (Wildman–Crippen MR) is 60.0 cm³/mol. The van der Waals surface area contributed by atoms with Crippen LogP contribution in [0.15, 0.2) is 30.3 Å². The Hall–Kier alpha value is -1.04. The number of hydrogen-bond donors (Lipinski definition) is 0. The molecule has 1 aromatic carbocycles. The van der Waals surface area contributed by atoms with Crippen LogP contribution in [0.3, 0.4) is 0 Å². The van der Waals surface area contributed by atoms with E-state index in [9.17, 15) is 0 Å². The average molecular weight is 184 g/mol. The van der Waals surface area contributed by atoms with E-state index in [2.05, 4.69) is 37.3 Å². The molecule has 2 bridgehead atoms. The Labute approximate surface area is 85.6 Å². The minimum Gasteiger partial charge on any atom is -0.0773 e. The first kappa shape index (κ1) is 8.28. The lowest BCUT2D eigenvalue weighted by atomic mass is 9.92. The molecule has 2 unspecified atom stereocenters. The third kappa shape index (κ3) is 1.21. The summed E-state index contributed by atoms with van der Waals surface area (Å²) in [6.07, 6.45) is 6.78. The van der Waals surface area contributed by atoms with Crippen molar-refractivity contribution in [2.75, 3.05) is 0 Å². The van der Waals surface area contributed by atoms with Gasteiger partial charge in [-0.25, -0.2) is 0 Å². The second-order valence-corrected chi connectivity index (χ2v) is 4.76. The molecule has 0 radical (unpaired) electrons. The molecule has 14 heavy (non-hydrogen) atoms. The molecular weight excluding hydrogens is 168 g/mol. The highest BCUT2D eigenvalue weighted by Gasteiger charge is 2.32. The molecule has 0 saturated heterocycles. The van der Waals surface area contributed by atoms with Crippen LogP contribution in [0.5, 0.6) is 0 Å².